The first-order valence-electron chi connectivity index (χ1n) is 7.59. The summed E-state index contributed by atoms with van der Waals surface area (Å²) >= 11 is 0. The number of rotatable bonds is 2. The summed E-state index contributed by atoms with van der Waals surface area (Å²) in [5.74, 6) is -0.428. The molecule has 4 aromatic rings. The van der Waals surface area contributed by atoms with E-state index in [0.717, 1.165) is 11.1 Å². The molecule has 0 bridgehead atoms. The number of benzene rings is 1. The minimum Gasteiger partial charge on any atom is -0.504 e. The van der Waals surface area contributed by atoms with Gasteiger partial charge in [0.05, 0.1) is 16.8 Å². The van der Waals surface area contributed by atoms with Crippen LogP contribution in [0.3, 0.4) is 0 Å². The molecular formula is C18H14N4O3. The number of phenols is 2. The van der Waals surface area contributed by atoms with Crippen molar-refractivity contribution in [2.24, 2.45) is 7.05 Å². The van der Waals surface area contributed by atoms with Crippen LogP contribution in [0.2, 0.25) is 0 Å². The maximum absolute atomic E-state index is 11.7. The van der Waals surface area contributed by atoms with Gasteiger partial charge in [0.1, 0.15) is 5.69 Å². The summed E-state index contributed by atoms with van der Waals surface area (Å²) in [6.07, 6.45) is 1.81. The smallest absolute Gasteiger partial charge is 0.266 e. The van der Waals surface area contributed by atoms with Crippen molar-refractivity contribution in [3.05, 3.63) is 65.1 Å². The quantitative estimate of drug-likeness (QED) is 0.548. The van der Waals surface area contributed by atoms with Crippen LogP contribution in [0.15, 0.2) is 59.5 Å². The Hall–Kier alpha value is -3.61. The molecule has 0 aliphatic rings. The monoisotopic (exact) mass is 334 g/mol. The fraction of sp³-hybridized carbons (Fsp3) is 0.0556. The molecule has 124 valence electrons. The maximum atomic E-state index is 11.7. The minimum absolute atomic E-state index is 0.200. The number of hydrogen-bond acceptors (Lipinski definition) is 5. The first-order valence-corrected chi connectivity index (χ1v) is 7.59. The fourth-order valence-corrected chi connectivity index (χ4v) is 2.76. The molecule has 3 heterocycles. The van der Waals surface area contributed by atoms with Crippen molar-refractivity contribution in [2.75, 3.05) is 0 Å². The molecule has 0 aliphatic carbocycles. The van der Waals surface area contributed by atoms with Crippen molar-refractivity contribution in [1.29, 1.82) is 0 Å². The van der Waals surface area contributed by atoms with E-state index < -0.39 is 0 Å². The van der Waals surface area contributed by atoms with E-state index in [9.17, 15) is 15.0 Å². The third-order valence-corrected chi connectivity index (χ3v) is 4.01. The molecule has 4 rings (SSSR count). The molecule has 0 fully saturated rings. The van der Waals surface area contributed by atoms with Gasteiger partial charge in [-0.2, -0.15) is 10.2 Å². The summed E-state index contributed by atoms with van der Waals surface area (Å²) in [7, 11) is 1.59. The van der Waals surface area contributed by atoms with E-state index in [0.29, 0.717) is 17.0 Å². The number of aromatic hydroxyl groups is 2. The van der Waals surface area contributed by atoms with E-state index >= 15 is 0 Å². The molecule has 0 unspecified atom stereocenters. The van der Waals surface area contributed by atoms with Crippen LogP contribution in [-0.4, -0.2) is 29.6 Å². The lowest BCUT2D eigenvalue weighted by Crippen LogP contribution is -2.18. The zero-order chi connectivity index (χ0) is 17.6. The topological polar surface area (TPSA) is 92.7 Å². The maximum Gasteiger partial charge on any atom is 0.266 e. The van der Waals surface area contributed by atoms with Crippen LogP contribution in [0, 0.1) is 0 Å². The number of aromatic nitrogens is 4. The molecule has 0 radical (unpaired) electrons. The van der Waals surface area contributed by atoms with Crippen molar-refractivity contribution in [2.45, 2.75) is 0 Å². The molecule has 0 aliphatic heterocycles. The molecule has 0 spiro atoms. The third-order valence-electron chi connectivity index (χ3n) is 4.01. The lowest BCUT2D eigenvalue weighted by Gasteiger charge is -2.05. The lowest BCUT2D eigenvalue weighted by molar-refractivity contribution is 0.404. The van der Waals surface area contributed by atoms with Gasteiger partial charge in [-0.3, -0.25) is 4.79 Å². The molecule has 7 nitrogen and oxygen atoms in total. The average Bonchev–Trinajstić information content (AvgIpc) is 2.99. The highest BCUT2D eigenvalue weighted by Crippen LogP contribution is 2.37. The molecule has 3 aromatic heterocycles. The second-order valence-corrected chi connectivity index (χ2v) is 5.64. The van der Waals surface area contributed by atoms with Crippen molar-refractivity contribution >= 4 is 5.52 Å². The predicted octanol–water partition coefficient (Wildman–Crippen LogP) is 2.17. The number of aryl methyl sites for hydroxylation is 1. The van der Waals surface area contributed by atoms with E-state index in [1.807, 2.05) is 24.4 Å². The number of fused-ring (bicyclic) bond motifs is 1. The molecule has 0 amide bonds. The van der Waals surface area contributed by atoms with Crippen LogP contribution in [0.1, 0.15) is 0 Å². The molecule has 7 heteroatoms. The van der Waals surface area contributed by atoms with Crippen LogP contribution in [-0.2, 0) is 7.05 Å². The number of pyridine rings is 1. The van der Waals surface area contributed by atoms with Crippen molar-refractivity contribution in [3.8, 4) is 34.0 Å². The Morgan fingerprint density at radius 2 is 1.80 bits per heavy atom. The van der Waals surface area contributed by atoms with Crippen LogP contribution in [0.25, 0.3) is 28.0 Å². The highest BCUT2D eigenvalue weighted by atomic mass is 16.3. The molecular weight excluding hydrogens is 320 g/mol. The van der Waals surface area contributed by atoms with Crippen LogP contribution < -0.4 is 5.56 Å². The number of hydrogen-bond donors (Lipinski definition) is 2. The molecule has 0 atom stereocenters. The Bertz CT molecular complexity index is 1160. The predicted molar refractivity (Wildman–Crippen MR) is 92.4 cm³/mol. The van der Waals surface area contributed by atoms with Crippen molar-refractivity contribution < 1.29 is 10.2 Å². The Morgan fingerprint density at radius 3 is 2.56 bits per heavy atom. The average molecular weight is 334 g/mol. The van der Waals surface area contributed by atoms with Crippen molar-refractivity contribution in [1.82, 2.24) is 19.4 Å². The van der Waals surface area contributed by atoms with Crippen LogP contribution in [0.5, 0.6) is 11.5 Å². The van der Waals surface area contributed by atoms with Gasteiger partial charge in [-0.15, -0.1) is 0 Å². The molecule has 25 heavy (non-hydrogen) atoms. The van der Waals surface area contributed by atoms with E-state index in [-0.39, 0.29) is 17.1 Å². The molecule has 0 saturated carbocycles. The second-order valence-electron chi connectivity index (χ2n) is 5.64. The largest absolute Gasteiger partial charge is 0.504 e. The lowest BCUT2D eigenvalue weighted by atomic mass is 10.0. The summed E-state index contributed by atoms with van der Waals surface area (Å²) in [6, 6.07) is 13.3. The van der Waals surface area contributed by atoms with Gasteiger partial charge in [0.15, 0.2) is 11.5 Å². The summed E-state index contributed by atoms with van der Waals surface area (Å²) in [5.41, 5.74) is 3.16. The van der Waals surface area contributed by atoms with E-state index in [2.05, 4.69) is 10.2 Å². The highest BCUT2D eigenvalue weighted by molar-refractivity contribution is 5.91. The van der Waals surface area contributed by atoms with Crippen LogP contribution >= 0.6 is 0 Å². The minimum atomic E-state index is -0.228. The summed E-state index contributed by atoms with van der Waals surface area (Å²) in [5, 5.41) is 28.3. The van der Waals surface area contributed by atoms with Gasteiger partial charge in [-0.25, -0.2) is 9.20 Å². The first-order chi connectivity index (χ1) is 12.0. The van der Waals surface area contributed by atoms with Gasteiger partial charge < -0.3 is 10.2 Å². The number of nitrogens with zero attached hydrogens (tertiary/aromatic N) is 4. The summed E-state index contributed by atoms with van der Waals surface area (Å²) < 4.78 is 2.97. The highest BCUT2D eigenvalue weighted by Gasteiger charge is 2.18. The van der Waals surface area contributed by atoms with Crippen molar-refractivity contribution in [3.63, 3.8) is 0 Å². The van der Waals surface area contributed by atoms with E-state index in [1.54, 1.807) is 23.7 Å². The van der Waals surface area contributed by atoms with Gasteiger partial charge >= 0.3 is 0 Å². The third kappa shape index (κ3) is 2.42. The first kappa shape index (κ1) is 14.9. The summed E-state index contributed by atoms with van der Waals surface area (Å²) in [6.45, 7) is 0. The van der Waals surface area contributed by atoms with E-state index in [4.69, 9.17) is 0 Å². The molecule has 1 aromatic carbocycles. The number of phenolic OH excluding ortho intramolecular Hbond substituents is 2. The fourth-order valence-electron chi connectivity index (χ4n) is 2.76. The molecule has 2 N–H and O–H groups in total. The Morgan fingerprint density at radius 1 is 0.960 bits per heavy atom. The van der Waals surface area contributed by atoms with Gasteiger partial charge in [0.2, 0.25) is 0 Å². The SMILES string of the molecule is Cn1nc(-c2c(-c3ccc(O)c(O)c3)nn3ccccc23)ccc1=O. The van der Waals surface area contributed by atoms with Gasteiger partial charge in [-0.05, 0) is 36.4 Å². The van der Waals surface area contributed by atoms with Gasteiger partial charge in [0, 0.05) is 24.9 Å². The standard InChI is InChI=1S/C18H14N4O3/c1-21-16(25)8-6-12(19-21)17-13-4-2-3-9-22(13)20-18(17)11-5-7-14(23)15(24)10-11/h2-10,23-24H,1H3. The Kier molecular flexibility index (Phi) is 3.28. The molecule has 0 saturated heterocycles. The van der Waals surface area contributed by atoms with Crippen LogP contribution in [0.4, 0.5) is 0 Å². The van der Waals surface area contributed by atoms with Gasteiger partial charge in [-0.1, -0.05) is 6.07 Å². The normalized spacial score (nSPS) is 11.1. The van der Waals surface area contributed by atoms with Gasteiger partial charge in [0.25, 0.3) is 5.56 Å². The second kappa shape index (κ2) is 5.48. The zero-order valence-corrected chi connectivity index (χ0v) is 13.3. The Balaban J connectivity index is 2.05. The zero-order valence-electron chi connectivity index (χ0n) is 13.3. The Labute approximate surface area is 142 Å². The van der Waals surface area contributed by atoms with E-state index in [1.165, 1.54) is 22.9 Å². The summed E-state index contributed by atoms with van der Waals surface area (Å²) in [4.78, 5) is 11.7.